The molecule has 148 valence electrons. The lowest BCUT2D eigenvalue weighted by atomic mass is 9.94. The van der Waals surface area contributed by atoms with Crippen LogP contribution in [0.4, 0.5) is 4.39 Å². The Morgan fingerprint density at radius 3 is 2.65 bits per heavy atom. The van der Waals surface area contributed by atoms with Gasteiger partial charge in [0.2, 0.25) is 0 Å². The molecule has 1 aliphatic heterocycles. The molecule has 1 saturated heterocycles. The summed E-state index contributed by atoms with van der Waals surface area (Å²) in [5, 5.41) is 6.59. The van der Waals surface area contributed by atoms with Gasteiger partial charge in [-0.05, 0) is 64.4 Å². The van der Waals surface area contributed by atoms with Crippen LogP contribution in [0.15, 0.2) is 29.3 Å². The van der Waals surface area contributed by atoms with Crippen LogP contribution < -0.4 is 15.4 Å². The molecule has 1 aliphatic rings. The molecule has 0 saturated carbocycles. The SMILES string of the molecule is CN=C(NCCC1CCN(C)CC1)NCC(C)Oc1ccccc1F.I. The van der Waals surface area contributed by atoms with Gasteiger partial charge in [-0.15, -0.1) is 24.0 Å². The minimum Gasteiger partial charge on any atom is -0.486 e. The van der Waals surface area contributed by atoms with Crippen LogP contribution in [-0.2, 0) is 0 Å². The fraction of sp³-hybridized carbons (Fsp3) is 0.632. The number of hydrogen-bond acceptors (Lipinski definition) is 3. The summed E-state index contributed by atoms with van der Waals surface area (Å²) in [5.74, 6) is 1.50. The number of benzene rings is 1. The van der Waals surface area contributed by atoms with Crippen molar-refractivity contribution in [2.45, 2.75) is 32.3 Å². The molecule has 1 aromatic carbocycles. The fourth-order valence-electron chi connectivity index (χ4n) is 3.01. The molecule has 1 heterocycles. The number of guanidine groups is 1. The normalized spacial score (nSPS) is 17.3. The number of ether oxygens (including phenoxy) is 1. The second-order valence-electron chi connectivity index (χ2n) is 6.77. The first-order chi connectivity index (χ1) is 12.1. The largest absolute Gasteiger partial charge is 0.486 e. The smallest absolute Gasteiger partial charge is 0.191 e. The molecule has 0 aromatic heterocycles. The molecule has 2 N–H and O–H groups in total. The molecule has 1 atom stereocenters. The van der Waals surface area contributed by atoms with Gasteiger partial charge in [0.25, 0.3) is 0 Å². The number of halogens is 2. The fourth-order valence-corrected chi connectivity index (χ4v) is 3.01. The Bertz CT molecular complexity index is 550. The van der Waals surface area contributed by atoms with Crippen molar-refractivity contribution < 1.29 is 9.13 Å². The summed E-state index contributed by atoms with van der Waals surface area (Å²) >= 11 is 0. The molecular formula is C19H32FIN4O. The van der Waals surface area contributed by atoms with Crippen LogP contribution in [0.2, 0.25) is 0 Å². The van der Waals surface area contributed by atoms with Gasteiger partial charge < -0.3 is 20.3 Å². The van der Waals surface area contributed by atoms with Crippen LogP contribution in [0, 0.1) is 11.7 Å². The van der Waals surface area contributed by atoms with E-state index >= 15 is 0 Å². The molecule has 1 unspecified atom stereocenters. The molecule has 0 radical (unpaired) electrons. The third-order valence-electron chi connectivity index (χ3n) is 4.63. The highest BCUT2D eigenvalue weighted by molar-refractivity contribution is 14.0. The van der Waals surface area contributed by atoms with E-state index in [1.54, 1.807) is 25.2 Å². The van der Waals surface area contributed by atoms with Gasteiger partial charge in [-0.25, -0.2) is 4.39 Å². The molecule has 1 fully saturated rings. The summed E-state index contributed by atoms with van der Waals surface area (Å²) in [6, 6.07) is 6.46. The van der Waals surface area contributed by atoms with Crippen molar-refractivity contribution in [2.24, 2.45) is 10.9 Å². The Morgan fingerprint density at radius 2 is 2.00 bits per heavy atom. The Hall–Kier alpha value is -1.09. The van der Waals surface area contributed by atoms with E-state index in [4.69, 9.17) is 4.74 Å². The molecule has 0 aliphatic carbocycles. The van der Waals surface area contributed by atoms with E-state index in [0.717, 1.165) is 24.8 Å². The minimum absolute atomic E-state index is 0. The van der Waals surface area contributed by atoms with Crippen molar-refractivity contribution in [3.63, 3.8) is 0 Å². The van der Waals surface area contributed by atoms with Gasteiger partial charge in [-0.2, -0.15) is 0 Å². The van der Waals surface area contributed by atoms with Gasteiger partial charge in [0.15, 0.2) is 17.5 Å². The number of para-hydroxylation sites is 1. The lowest BCUT2D eigenvalue weighted by molar-refractivity contribution is 0.211. The van der Waals surface area contributed by atoms with Gasteiger partial charge in [0.1, 0.15) is 6.10 Å². The number of rotatable bonds is 7. The predicted molar refractivity (Wildman–Crippen MR) is 116 cm³/mol. The number of aliphatic imine (C=N–C) groups is 1. The van der Waals surface area contributed by atoms with Crippen LogP contribution in [-0.4, -0.2) is 57.2 Å². The number of likely N-dealkylation sites (tertiary alicyclic amines) is 1. The Labute approximate surface area is 173 Å². The zero-order valence-corrected chi connectivity index (χ0v) is 18.3. The maximum Gasteiger partial charge on any atom is 0.191 e. The van der Waals surface area contributed by atoms with Crippen LogP contribution in [0.5, 0.6) is 5.75 Å². The highest BCUT2D eigenvalue weighted by Crippen LogP contribution is 2.18. The standard InChI is InChI=1S/C19H31FN4O.HI/c1-15(25-18-7-5-4-6-17(18)20)14-23-19(21-2)22-11-8-16-9-12-24(3)13-10-16;/h4-7,15-16H,8-14H2,1-3H3,(H2,21,22,23);1H. The van der Waals surface area contributed by atoms with Crippen LogP contribution in [0.1, 0.15) is 26.2 Å². The van der Waals surface area contributed by atoms with Gasteiger partial charge >= 0.3 is 0 Å². The third kappa shape index (κ3) is 8.07. The molecule has 5 nitrogen and oxygen atoms in total. The third-order valence-corrected chi connectivity index (χ3v) is 4.63. The molecule has 1 aromatic rings. The molecule has 0 spiro atoms. The molecule has 26 heavy (non-hydrogen) atoms. The zero-order chi connectivity index (χ0) is 18.1. The van der Waals surface area contributed by atoms with E-state index in [1.807, 2.05) is 6.92 Å². The van der Waals surface area contributed by atoms with Crippen molar-refractivity contribution >= 4 is 29.9 Å². The van der Waals surface area contributed by atoms with Crippen molar-refractivity contribution in [2.75, 3.05) is 40.3 Å². The maximum atomic E-state index is 13.6. The van der Waals surface area contributed by atoms with E-state index in [2.05, 4.69) is 27.6 Å². The molecular weight excluding hydrogens is 446 g/mol. The summed E-state index contributed by atoms with van der Waals surface area (Å²) in [6.45, 7) is 5.77. The lowest BCUT2D eigenvalue weighted by Crippen LogP contribution is -2.42. The second kappa shape index (κ2) is 12.3. The lowest BCUT2D eigenvalue weighted by Gasteiger charge is -2.29. The highest BCUT2D eigenvalue weighted by Gasteiger charge is 2.16. The Morgan fingerprint density at radius 1 is 1.31 bits per heavy atom. The summed E-state index contributed by atoms with van der Waals surface area (Å²) in [7, 11) is 3.94. The number of nitrogens with zero attached hydrogens (tertiary/aromatic N) is 2. The van der Waals surface area contributed by atoms with E-state index in [0.29, 0.717) is 6.54 Å². The van der Waals surface area contributed by atoms with E-state index < -0.39 is 0 Å². The van der Waals surface area contributed by atoms with E-state index in [-0.39, 0.29) is 41.6 Å². The topological polar surface area (TPSA) is 48.9 Å². The average Bonchev–Trinajstić information content (AvgIpc) is 2.61. The predicted octanol–water partition coefficient (Wildman–Crippen LogP) is 3.11. The summed E-state index contributed by atoms with van der Waals surface area (Å²) in [5.41, 5.74) is 0. The van der Waals surface area contributed by atoms with E-state index in [1.165, 1.54) is 32.0 Å². The minimum atomic E-state index is -0.338. The summed E-state index contributed by atoms with van der Waals surface area (Å²) < 4.78 is 19.2. The number of nitrogens with one attached hydrogen (secondary N) is 2. The monoisotopic (exact) mass is 478 g/mol. The molecule has 0 amide bonds. The van der Waals surface area contributed by atoms with Crippen molar-refractivity contribution in [1.82, 2.24) is 15.5 Å². The second-order valence-corrected chi connectivity index (χ2v) is 6.77. The zero-order valence-electron chi connectivity index (χ0n) is 16.0. The summed E-state index contributed by atoms with van der Waals surface area (Å²) in [4.78, 5) is 6.63. The van der Waals surface area contributed by atoms with Gasteiger partial charge in [-0.3, -0.25) is 4.99 Å². The molecule has 2 rings (SSSR count). The Kier molecular flexibility index (Phi) is 10.9. The maximum absolute atomic E-state index is 13.6. The first-order valence-corrected chi connectivity index (χ1v) is 9.12. The van der Waals surface area contributed by atoms with Crippen LogP contribution >= 0.6 is 24.0 Å². The van der Waals surface area contributed by atoms with Crippen molar-refractivity contribution in [1.29, 1.82) is 0 Å². The van der Waals surface area contributed by atoms with Crippen LogP contribution in [0.25, 0.3) is 0 Å². The Balaban J connectivity index is 0.00000338. The van der Waals surface area contributed by atoms with Gasteiger partial charge in [0, 0.05) is 13.6 Å². The average molecular weight is 478 g/mol. The number of hydrogen-bond donors (Lipinski definition) is 2. The van der Waals surface area contributed by atoms with Crippen LogP contribution in [0.3, 0.4) is 0 Å². The molecule has 0 bridgehead atoms. The first kappa shape index (κ1) is 23.0. The van der Waals surface area contributed by atoms with Gasteiger partial charge in [-0.1, -0.05) is 12.1 Å². The quantitative estimate of drug-likeness (QED) is 0.359. The van der Waals surface area contributed by atoms with Crippen molar-refractivity contribution in [3.05, 3.63) is 30.1 Å². The molecule has 7 heteroatoms. The highest BCUT2D eigenvalue weighted by atomic mass is 127. The van der Waals surface area contributed by atoms with Crippen molar-refractivity contribution in [3.8, 4) is 5.75 Å². The first-order valence-electron chi connectivity index (χ1n) is 9.12. The van der Waals surface area contributed by atoms with E-state index in [9.17, 15) is 4.39 Å². The van der Waals surface area contributed by atoms with Gasteiger partial charge in [0.05, 0.1) is 6.54 Å². The summed E-state index contributed by atoms with van der Waals surface area (Å²) in [6.07, 6.45) is 3.55. The number of piperidine rings is 1.